The SMILES string of the molecule is CS(=O)(=O)N1CC(CC#N)(n2cc(-c3cccc4nc(NC(=O)C5CC5)sc34)cn2)C1. The van der Waals surface area contributed by atoms with Crippen LogP contribution in [0.2, 0.25) is 0 Å². The number of anilines is 1. The number of sulfonamides is 1. The quantitative estimate of drug-likeness (QED) is 0.608. The van der Waals surface area contributed by atoms with Crippen LogP contribution in [0.1, 0.15) is 19.3 Å². The van der Waals surface area contributed by atoms with Gasteiger partial charge in [-0.15, -0.1) is 0 Å². The van der Waals surface area contributed by atoms with Crippen LogP contribution in [0, 0.1) is 17.2 Å². The molecule has 1 saturated carbocycles. The van der Waals surface area contributed by atoms with E-state index in [0.29, 0.717) is 5.13 Å². The summed E-state index contributed by atoms with van der Waals surface area (Å²) in [6.07, 6.45) is 6.78. The minimum absolute atomic E-state index is 0.0206. The van der Waals surface area contributed by atoms with Gasteiger partial charge in [0.05, 0.1) is 35.2 Å². The number of nitrogens with one attached hydrogen (secondary N) is 1. The minimum atomic E-state index is -3.30. The smallest absolute Gasteiger partial charge is 0.229 e. The second kappa shape index (κ2) is 7.12. The van der Waals surface area contributed by atoms with Crippen molar-refractivity contribution in [2.75, 3.05) is 24.7 Å². The van der Waals surface area contributed by atoms with Gasteiger partial charge in [-0.3, -0.25) is 9.48 Å². The molecule has 2 fully saturated rings. The zero-order valence-corrected chi connectivity index (χ0v) is 18.4. The van der Waals surface area contributed by atoms with Crippen LogP contribution in [0.25, 0.3) is 21.3 Å². The molecule has 3 heterocycles. The first kappa shape index (κ1) is 20.1. The van der Waals surface area contributed by atoms with Crippen LogP contribution >= 0.6 is 11.3 Å². The lowest BCUT2D eigenvalue weighted by Crippen LogP contribution is -2.63. The molecule has 1 saturated heterocycles. The van der Waals surface area contributed by atoms with Crippen molar-refractivity contribution in [3.05, 3.63) is 30.6 Å². The second-order valence-corrected chi connectivity index (χ2v) is 11.2. The third kappa shape index (κ3) is 3.60. The molecule has 1 aliphatic carbocycles. The standard InChI is InChI=1S/C20H20N6O3S2/c1-31(28,29)25-11-20(12-25,7-8-21)26-10-14(9-22-26)15-3-2-4-16-17(15)30-19(23-16)24-18(27)13-5-6-13/h2-4,9-10,13H,5-7,11-12H2,1H3,(H,23,24,27). The average Bonchev–Trinajstić information content (AvgIpc) is 3.28. The van der Waals surface area contributed by atoms with E-state index < -0.39 is 15.6 Å². The highest BCUT2D eigenvalue weighted by molar-refractivity contribution is 7.88. The number of nitrogens with zero attached hydrogens (tertiary/aromatic N) is 5. The Morgan fingerprint density at radius 2 is 2.16 bits per heavy atom. The molecule has 5 rings (SSSR count). The van der Waals surface area contributed by atoms with Gasteiger partial charge in [0.2, 0.25) is 15.9 Å². The third-order valence-corrected chi connectivity index (χ3v) is 8.01. The maximum atomic E-state index is 12.1. The number of hydrogen-bond donors (Lipinski definition) is 1. The maximum absolute atomic E-state index is 12.1. The molecule has 1 aromatic carbocycles. The van der Waals surface area contributed by atoms with Gasteiger partial charge in [0.1, 0.15) is 5.54 Å². The van der Waals surface area contributed by atoms with E-state index in [4.69, 9.17) is 0 Å². The molecule has 0 radical (unpaired) electrons. The summed E-state index contributed by atoms with van der Waals surface area (Å²) >= 11 is 1.42. The van der Waals surface area contributed by atoms with E-state index in [2.05, 4.69) is 21.5 Å². The van der Waals surface area contributed by atoms with Crippen LogP contribution in [-0.2, 0) is 20.4 Å². The number of aromatic nitrogens is 3. The Labute approximate surface area is 183 Å². The van der Waals surface area contributed by atoms with Crippen molar-refractivity contribution >= 4 is 42.6 Å². The summed E-state index contributed by atoms with van der Waals surface area (Å²) in [5, 5.41) is 17.3. The Bertz CT molecular complexity index is 1330. The van der Waals surface area contributed by atoms with E-state index in [1.165, 1.54) is 21.9 Å². The number of thiazole rings is 1. The van der Waals surface area contributed by atoms with Crippen molar-refractivity contribution in [1.82, 2.24) is 19.1 Å². The van der Waals surface area contributed by atoms with Crippen LogP contribution in [0.15, 0.2) is 30.6 Å². The number of nitriles is 1. The van der Waals surface area contributed by atoms with Crippen LogP contribution in [0.3, 0.4) is 0 Å². The molecule has 1 N–H and O–H groups in total. The molecule has 0 atom stereocenters. The molecule has 31 heavy (non-hydrogen) atoms. The molecule has 0 spiro atoms. The molecule has 160 valence electrons. The molecule has 1 amide bonds. The predicted octanol–water partition coefficient (Wildman–Crippen LogP) is 2.39. The topological polar surface area (TPSA) is 121 Å². The van der Waals surface area contributed by atoms with Gasteiger partial charge in [0.15, 0.2) is 5.13 Å². The molecule has 0 unspecified atom stereocenters. The number of carbonyl (C=O) groups excluding carboxylic acids is 1. The van der Waals surface area contributed by atoms with Gasteiger partial charge < -0.3 is 5.32 Å². The Morgan fingerprint density at radius 1 is 1.39 bits per heavy atom. The Balaban J connectivity index is 1.46. The Morgan fingerprint density at radius 3 is 2.84 bits per heavy atom. The summed E-state index contributed by atoms with van der Waals surface area (Å²) in [6, 6.07) is 7.94. The highest BCUT2D eigenvalue weighted by Gasteiger charge is 2.49. The van der Waals surface area contributed by atoms with E-state index in [9.17, 15) is 18.5 Å². The first-order valence-corrected chi connectivity index (χ1v) is 12.5. The van der Waals surface area contributed by atoms with Crippen LogP contribution < -0.4 is 5.32 Å². The third-order valence-electron chi connectivity index (χ3n) is 5.79. The molecule has 0 bridgehead atoms. The van der Waals surface area contributed by atoms with Crippen molar-refractivity contribution in [3.63, 3.8) is 0 Å². The molecule has 11 heteroatoms. The van der Waals surface area contributed by atoms with E-state index >= 15 is 0 Å². The van der Waals surface area contributed by atoms with Gasteiger partial charge >= 0.3 is 0 Å². The molecular weight excluding hydrogens is 436 g/mol. The summed E-state index contributed by atoms with van der Waals surface area (Å²) in [5.74, 6) is 0.127. The highest BCUT2D eigenvalue weighted by atomic mass is 32.2. The number of rotatable bonds is 6. The number of carbonyl (C=O) groups is 1. The number of fused-ring (bicyclic) bond motifs is 1. The molecular formula is C20H20N6O3S2. The number of hydrogen-bond acceptors (Lipinski definition) is 7. The first-order chi connectivity index (χ1) is 14.8. The van der Waals surface area contributed by atoms with Crippen molar-refractivity contribution in [2.45, 2.75) is 24.8 Å². The van der Waals surface area contributed by atoms with E-state index in [1.54, 1.807) is 10.9 Å². The summed E-state index contributed by atoms with van der Waals surface area (Å²) < 4.78 is 27.6. The monoisotopic (exact) mass is 456 g/mol. The predicted molar refractivity (Wildman–Crippen MR) is 117 cm³/mol. The lowest BCUT2D eigenvalue weighted by Gasteiger charge is -2.47. The summed E-state index contributed by atoms with van der Waals surface area (Å²) in [5.41, 5.74) is 1.91. The van der Waals surface area contributed by atoms with Gasteiger partial charge in [0, 0.05) is 36.3 Å². The van der Waals surface area contributed by atoms with Crippen molar-refractivity contribution < 1.29 is 13.2 Å². The van der Waals surface area contributed by atoms with Crippen molar-refractivity contribution in [3.8, 4) is 17.2 Å². The lowest BCUT2D eigenvalue weighted by atomic mass is 9.89. The molecule has 2 aliphatic rings. The van der Waals surface area contributed by atoms with Crippen LogP contribution in [0.4, 0.5) is 5.13 Å². The first-order valence-electron chi connectivity index (χ1n) is 9.87. The van der Waals surface area contributed by atoms with Crippen LogP contribution in [0.5, 0.6) is 0 Å². The van der Waals surface area contributed by atoms with E-state index in [1.807, 2.05) is 24.4 Å². The Hall–Kier alpha value is -2.81. The summed E-state index contributed by atoms with van der Waals surface area (Å²) in [6.45, 7) is 0.450. The normalized spacial score (nSPS) is 18.5. The van der Waals surface area contributed by atoms with Gasteiger partial charge in [0.25, 0.3) is 0 Å². The molecule has 9 nitrogen and oxygen atoms in total. The zero-order chi connectivity index (χ0) is 21.8. The van der Waals surface area contributed by atoms with Crippen LogP contribution in [-0.4, -0.2) is 52.7 Å². The number of benzene rings is 1. The summed E-state index contributed by atoms with van der Waals surface area (Å²) in [4.78, 5) is 16.6. The summed E-state index contributed by atoms with van der Waals surface area (Å²) in [7, 11) is -3.30. The largest absolute Gasteiger partial charge is 0.302 e. The van der Waals surface area contributed by atoms with E-state index in [-0.39, 0.29) is 31.3 Å². The zero-order valence-electron chi connectivity index (χ0n) is 16.8. The fourth-order valence-electron chi connectivity index (χ4n) is 3.83. The fraction of sp³-hybridized carbons (Fsp3) is 0.400. The molecule has 1 aliphatic heterocycles. The van der Waals surface area contributed by atoms with Crippen molar-refractivity contribution in [1.29, 1.82) is 5.26 Å². The molecule has 3 aromatic rings. The van der Waals surface area contributed by atoms with Gasteiger partial charge in [-0.25, -0.2) is 13.4 Å². The average molecular weight is 457 g/mol. The lowest BCUT2D eigenvalue weighted by molar-refractivity contribution is -0.117. The van der Waals surface area contributed by atoms with Gasteiger partial charge in [-0.1, -0.05) is 23.5 Å². The van der Waals surface area contributed by atoms with Crippen molar-refractivity contribution in [2.24, 2.45) is 5.92 Å². The van der Waals surface area contributed by atoms with Gasteiger partial charge in [-0.05, 0) is 18.9 Å². The number of amides is 1. The van der Waals surface area contributed by atoms with E-state index in [0.717, 1.165) is 34.2 Å². The maximum Gasteiger partial charge on any atom is 0.229 e. The Kier molecular flexibility index (Phi) is 4.62. The van der Waals surface area contributed by atoms with Gasteiger partial charge in [-0.2, -0.15) is 14.7 Å². The highest BCUT2D eigenvalue weighted by Crippen LogP contribution is 2.38. The fourth-order valence-corrected chi connectivity index (χ4v) is 5.79. The molecule has 2 aromatic heterocycles. The minimum Gasteiger partial charge on any atom is -0.302 e. The second-order valence-electron chi connectivity index (χ2n) is 8.20.